The number of rotatable bonds is 4. The highest BCUT2D eigenvalue weighted by Gasteiger charge is 2.17. The predicted molar refractivity (Wildman–Crippen MR) is 97.5 cm³/mol. The van der Waals surface area contributed by atoms with Crippen molar-refractivity contribution in [3.63, 3.8) is 0 Å². The van der Waals surface area contributed by atoms with Crippen LogP contribution in [0.2, 0.25) is 0 Å². The molecule has 4 rings (SSSR count). The van der Waals surface area contributed by atoms with Crippen molar-refractivity contribution >= 4 is 11.6 Å². The second-order valence-corrected chi connectivity index (χ2v) is 6.14. The van der Waals surface area contributed by atoms with E-state index in [9.17, 15) is 18.0 Å². The van der Waals surface area contributed by atoms with Crippen LogP contribution in [0.3, 0.4) is 0 Å². The summed E-state index contributed by atoms with van der Waals surface area (Å²) < 4.78 is 43.9. The molecule has 0 unspecified atom stereocenters. The number of anilines is 1. The molecule has 0 fully saturated rings. The fourth-order valence-corrected chi connectivity index (χ4v) is 2.78. The van der Waals surface area contributed by atoms with Gasteiger partial charge in [-0.1, -0.05) is 0 Å². The van der Waals surface area contributed by atoms with E-state index in [0.29, 0.717) is 5.69 Å². The summed E-state index contributed by atoms with van der Waals surface area (Å²) in [6.07, 6.45) is 2.62. The van der Waals surface area contributed by atoms with Gasteiger partial charge in [-0.05, 0) is 43.3 Å². The van der Waals surface area contributed by atoms with Crippen molar-refractivity contribution < 1.29 is 18.0 Å². The summed E-state index contributed by atoms with van der Waals surface area (Å²) >= 11 is 0. The van der Waals surface area contributed by atoms with Gasteiger partial charge in [-0.25, -0.2) is 27.5 Å². The van der Waals surface area contributed by atoms with Crippen molar-refractivity contribution in [1.29, 1.82) is 0 Å². The van der Waals surface area contributed by atoms with Gasteiger partial charge in [-0.15, -0.1) is 0 Å². The number of halogens is 3. The number of nitrogens with zero attached hydrogens (tertiary/aromatic N) is 5. The lowest BCUT2D eigenvalue weighted by Gasteiger charge is -2.07. The van der Waals surface area contributed by atoms with Gasteiger partial charge >= 0.3 is 0 Å². The lowest BCUT2D eigenvalue weighted by atomic mass is 10.2. The lowest BCUT2D eigenvalue weighted by molar-refractivity contribution is 0.102. The third-order valence-corrected chi connectivity index (χ3v) is 4.13. The summed E-state index contributed by atoms with van der Waals surface area (Å²) in [5.41, 5.74) is 0.843. The Bertz CT molecular complexity index is 1200. The highest BCUT2D eigenvalue weighted by atomic mass is 19.1. The highest BCUT2D eigenvalue weighted by molar-refractivity contribution is 6.03. The van der Waals surface area contributed by atoms with Crippen LogP contribution in [0.4, 0.5) is 18.9 Å². The predicted octanol–water partition coefficient (Wildman–Crippen LogP) is 3.43. The van der Waals surface area contributed by atoms with E-state index < -0.39 is 23.4 Å². The highest BCUT2D eigenvalue weighted by Crippen LogP contribution is 2.20. The molecule has 146 valence electrons. The van der Waals surface area contributed by atoms with E-state index in [0.717, 1.165) is 18.2 Å². The zero-order valence-corrected chi connectivity index (χ0v) is 15.0. The molecule has 0 saturated carbocycles. The monoisotopic (exact) mass is 398 g/mol. The molecule has 29 heavy (non-hydrogen) atoms. The molecule has 0 aliphatic heterocycles. The second-order valence-electron chi connectivity index (χ2n) is 6.14. The maximum Gasteiger partial charge on any atom is 0.276 e. The smallest absolute Gasteiger partial charge is 0.276 e. The number of carbonyl (C=O) groups excluding carboxylic acids is 1. The molecule has 0 bridgehead atoms. The van der Waals surface area contributed by atoms with Gasteiger partial charge in [-0.3, -0.25) is 4.79 Å². The van der Waals surface area contributed by atoms with E-state index in [1.165, 1.54) is 46.3 Å². The number of aromatic nitrogens is 5. The average molecular weight is 398 g/mol. The van der Waals surface area contributed by atoms with Gasteiger partial charge < -0.3 is 5.32 Å². The molecule has 2 aromatic carbocycles. The topological polar surface area (TPSA) is 77.6 Å². The van der Waals surface area contributed by atoms with Crippen molar-refractivity contribution in [2.45, 2.75) is 6.92 Å². The van der Waals surface area contributed by atoms with Gasteiger partial charge in [0.05, 0.1) is 0 Å². The zero-order valence-electron chi connectivity index (χ0n) is 15.0. The molecule has 10 heteroatoms. The van der Waals surface area contributed by atoms with Gasteiger partial charge in [0.2, 0.25) is 0 Å². The third kappa shape index (κ3) is 3.59. The first-order valence-electron chi connectivity index (χ1n) is 8.40. The van der Waals surface area contributed by atoms with E-state index in [2.05, 4.69) is 20.5 Å². The molecule has 0 spiro atoms. The number of amides is 1. The number of nitrogens with one attached hydrogen (secondary N) is 1. The van der Waals surface area contributed by atoms with Crippen LogP contribution in [-0.4, -0.2) is 30.5 Å². The van der Waals surface area contributed by atoms with E-state index in [1.54, 1.807) is 6.92 Å². The van der Waals surface area contributed by atoms with Crippen molar-refractivity contribution in [2.24, 2.45) is 0 Å². The first-order valence-corrected chi connectivity index (χ1v) is 8.40. The minimum absolute atomic E-state index is 0.00572. The number of benzene rings is 2. The summed E-state index contributed by atoms with van der Waals surface area (Å²) in [6, 6.07) is 8.58. The maximum absolute atomic E-state index is 14.3. The molecule has 0 aliphatic rings. The van der Waals surface area contributed by atoms with Crippen LogP contribution in [-0.2, 0) is 0 Å². The summed E-state index contributed by atoms with van der Waals surface area (Å²) in [5, 5.41) is 10.5. The Morgan fingerprint density at radius 3 is 2.45 bits per heavy atom. The Hall–Kier alpha value is -3.95. The molecule has 0 saturated heterocycles. The van der Waals surface area contributed by atoms with Crippen LogP contribution in [0, 0.1) is 24.4 Å². The molecule has 2 heterocycles. The van der Waals surface area contributed by atoms with Gasteiger partial charge in [-0.2, -0.15) is 10.2 Å². The van der Waals surface area contributed by atoms with Gasteiger partial charge in [0, 0.05) is 17.4 Å². The fraction of sp³-hybridized carbons (Fsp3) is 0.0526. The molecule has 2 aromatic heterocycles. The van der Waals surface area contributed by atoms with Gasteiger partial charge in [0.1, 0.15) is 29.8 Å². The Morgan fingerprint density at radius 2 is 1.76 bits per heavy atom. The van der Waals surface area contributed by atoms with Crippen molar-refractivity contribution in [1.82, 2.24) is 24.5 Å². The molecular weight excluding hydrogens is 385 g/mol. The Morgan fingerprint density at radius 1 is 1.00 bits per heavy atom. The van der Waals surface area contributed by atoms with Crippen LogP contribution in [0.15, 0.2) is 55.1 Å². The number of aryl methyl sites for hydroxylation is 1. The van der Waals surface area contributed by atoms with E-state index >= 15 is 0 Å². The zero-order chi connectivity index (χ0) is 20.5. The maximum atomic E-state index is 14.3. The molecule has 4 aromatic rings. The third-order valence-electron chi connectivity index (χ3n) is 4.13. The molecule has 1 N–H and O–H groups in total. The average Bonchev–Trinajstić information content (AvgIpc) is 3.32. The number of hydrogen-bond acceptors (Lipinski definition) is 4. The van der Waals surface area contributed by atoms with Crippen LogP contribution in [0.5, 0.6) is 0 Å². The van der Waals surface area contributed by atoms with Crippen molar-refractivity contribution in [3.05, 3.63) is 84.0 Å². The van der Waals surface area contributed by atoms with E-state index in [1.807, 2.05) is 0 Å². The fourth-order valence-electron chi connectivity index (χ4n) is 2.78. The first-order chi connectivity index (χ1) is 13.9. The van der Waals surface area contributed by atoms with E-state index in [4.69, 9.17) is 0 Å². The van der Waals surface area contributed by atoms with Crippen molar-refractivity contribution in [2.75, 3.05) is 5.32 Å². The molecule has 1 amide bonds. The summed E-state index contributed by atoms with van der Waals surface area (Å²) in [4.78, 5) is 16.2. The largest absolute Gasteiger partial charge is 0.320 e. The standard InChI is InChI=1S/C19H13F3N6O/c1-11-6-16(26-28(11)18-4-2-12(20)7-14(18)21)19(29)25-13-3-5-17(15(22)8-13)27-10-23-9-24-27/h2-10H,1H3,(H,25,29). The normalized spacial score (nSPS) is 10.9. The minimum atomic E-state index is -0.811. The lowest BCUT2D eigenvalue weighted by Crippen LogP contribution is -2.14. The Kier molecular flexibility index (Phi) is 4.59. The Balaban J connectivity index is 1.57. The number of carbonyl (C=O) groups is 1. The summed E-state index contributed by atoms with van der Waals surface area (Å²) in [5.74, 6) is -2.75. The quantitative estimate of drug-likeness (QED) is 0.571. The SMILES string of the molecule is Cc1cc(C(=O)Nc2ccc(-n3cncn3)c(F)c2)nn1-c1ccc(F)cc1F. The molecule has 0 aliphatic carbocycles. The van der Waals surface area contributed by atoms with Crippen LogP contribution in [0.1, 0.15) is 16.2 Å². The van der Waals surface area contributed by atoms with Crippen molar-refractivity contribution in [3.8, 4) is 11.4 Å². The van der Waals surface area contributed by atoms with Gasteiger partial charge in [0.25, 0.3) is 5.91 Å². The molecular formula is C19H13F3N6O. The summed E-state index contributed by atoms with van der Waals surface area (Å²) in [7, 11) is 0. The van der Waals surface area contributed by atoms with Crippen LogP contribution in [0.25, 0.3) is 11.4 Å². The first kappa shape index (κ1) is 18.4. The van der Waals surface area contributed by atoms with Crippen LogP contribution < -0.4 is 5.32 Å². The molecule has 0 radical (unpaired) electrons. The Labute approximate surface area is 162 Å². The summed E-state index contributed by atoms with van der Waals surface area (Å²) in [6.45, 7) is 1.62. The van der Waals surface area contributed by atoms with Gasteiger partial charge in [0.15, 0.2) is 17.3 Å². The second kappa shape index (κ2) is 7.23. The van der Waals surface area contributed by atoms with Crippen LogP contribution >= 0.6 is 0 Å². The minimum Gasteiger partial charge on any atom is -0.320 e. The van der Waals surface area contributed by atoms with E-state index in [-0.39, 0.29) is 22.8 Å². The molecule has 7 nitrogen and oxygen atoms in total. The number of hydrogen-bond donors (Lipinski definition) is 1. The molecule has 0 atom stereocenters.